The van der Waals surface area contributed by atoms with Gasteiger partial charge in [-0.05, 0) is 17.7 Å². The second-order valence-electron chi connectivity index (χ2n) is 5.72. The van der Waals surface area contributed by atoms with Gasteiger partial charge < -0.3 is 4.90 Å². The smallest absolute Gasteiger partial charge is 0.146 e. The van der Waals surface area contributed by atoms with Gasteiger partial charge in [0.05, 0.1) is 0 Å². The van der Waals surface area contributed by atoms with E-state index in [4.69, 9.17) is 9.97 Å². The minimum Gasteiger partial charge on any atom is -0.355 e. The van der Waals surface area contributed by atoms with Crippen molar-refractivity contribution in [3.8, 4) is 10.6 Å². The van der Waals surface area contributed by atoms with Gasteiger partial charge in [-0.15, -0.1) is 0 Å². The molecule has 0 bridgehead atoms. The first-order valence-electron chi connectivity index (χ1n) is 7.88. The molecule has 0 saturated heterocycles. The van der Waals surface area contributed by atoms with E-state index >= 15 is 0 Å². The van der Waals surface area contributed by atoms with Crippen molar-refractivity contribution >= 4 is 27.5 Å². The number of nitrogens with zero attached hydrogens (tertiary/aromatic N) is 3. The summed E-state index contributed by atoms with van der Waals surface area (Å²) in [5.74, 6) is 0.967. The molecule has 0 amide bonds. The molecule has 4 aromatic rings. The number of thiazole rings is 1. The number of hydrogen-bond acceptors (Lipinski definition) is 4. The minimum atomic E-state index is 0.837. The summed E-state index contributed by atoms with van der Waals surface area (Å²) in [6.07, 6.45) is 0. The largest absolute Gasteiger partial charge is 0.355 e. The van der Waals surface area contributed by atoms with E-state index in [1.165, 1.54) is 5.56 Å². The third-order valence-corrected chi connectivity index (χ3v) is 4.93. The van der Waals surface area contributed by atoms with E-state index in [1.54, 1.807) is 11.3 Å². The first-order chi connectivity index (χ1) is 11.8. The highest BCUT2D eigenvalue weighted by molar-refractivity contribution is 7.21. The van der Waals surface area contributed by atoms with Crippen molar-refractivity contribution in [2.75, 3.05) is 11.9 Å². The third-order valence-electron chi connectivity index (χ3n) is 3.92. The molecule has 0 radical (unpaired) electrons. The van der Waals surface area contributed by atoms with Crippen LogP contribution in [0, 0.1) is 0 Å². The van der Waals surface area contributed by atoms with Gasteiger partial charge in [-0.2, -0.15) is 0 Å². The van der Waals surface area contributed by atoms with Crippen LogP contribution in [-0.2, 0) is 6.54 Å². The van der Waals surface area contributed by atoms with Gasteiger partial charge in [0.2, 0.25) is 0 Å². The number of pyridine rings is 1. The second kappa shape index (κ2) is 6.42. The zero-order chi connectivity index (χ0) is 16.4. The molecule has 0 N–H and O–H groups in total. The maximum atomic E-state index is 4.80. The van der Waals surface area contributed by atoms with Crippen molar-refractivity contribution < 1.29 is 0 Å². The van der Waals surface area contributed by atoms with Gasteiger partial charge in [0.15, 0.2) is 0 Å². The first-order valence-corrected chi connectivity index (χ1v) is 8.69. The molecule has 0 saturated carbocycles. The molecule has 0 fully saturated rings. The SMILES string of the molecule is CN(Cc1ccccc1)c1ccc2nc(-c3ccccc3)sc2n1. The lowest BCUT2D eigenvalue weighted by Gasteiger charge is -2.18. The van der Waals surface area contributed by atoms with Crippen molar-refractivity contribution in [3.05, 3.63) is 78.4 Å². The van der Waals surface area contributed by atoms with Gasteiger partial charge in [-0.1, -0.05) is 72.0 Å². The normalized spacial score (nSPS) is 10.9. The predicted molar refractivity (Wildman–Crippen MR) is 101 cm³/mol. The van der Waals surface area contributed by atoms with E-state index < -0.39 is 0 Å². The fourth-order valence-corrected chi connectivity index (χ4v) is 3.60. The van der Waals surface area contributed by atoms with Crippen molar-refractivity contribution in [1.29, 1.82) is 0 Å². The molecule has 4 rings (SSSR count). The van der Waals surface area contributed by atoms with Crippen molar-refractivity contribution in [3.63, 3.8) is 0 Å². The van der Waals surface area contributed by atoms with Crippen LogP contribution in [0.1, 0.15) is 5.56 Å². The lowest BCUT2D eigenvalue weighted by atomic mass is 10.2. The maximum absolute atomic E-state index is 4.80. The number of hydrogen-bond donors (Lipinski definition) is 0. The van der Waals surface area contributed by atoms with Crippen LogP contribution in [0.3, 0.4) is 0 Å². The molecule has 0 aliphatic carbocycles. The Morgan fingerprint density at radius 2 is 1.54 bits per heavy atom. The van der Waals surface area contributed by atoms with E-state index in [1.807, 2.05) is 30.3 Å². The molecule has 2 heterocycles. The van der Waals surface area contributed by atoms with Crippen LogP contribution in [-0.4, -0.2) is 17.0 Å². The summed E-state index contributed by atoms with van der Waals surface area (Å²) >= 11 is 1.64. The zero-order valence-corrected chi connectivity index (χ0v) is 14.2. The summed E-state index contributed by atoms with van der Waals surface area (Å²) in [6.45, 7) is 0.837. The first kappa shape index (κ1) is 14.8. The van der Waals surface area contributed by atoms with E-state index in [-0.39, 0.29) is 0 Å². The highest BCUT2D eigenvalue weighted by atomic mass is 32.1. The van der Waals surface area contributed by atoms with Crippen LogP contribution in [0.2, 0.25) is 0 Å². The van der Waals surface area contributed by atoms with Crippen LogP contribution < -0.4 is 4.90 Å². The zero-order valence-electron chi connectivity index (χ0n) is 13.4. The Morgan fingerprint density at radius 3 is 2.29 bits per heavy atom. The summed E-state index contributed by atoms with van der Waals surface area (Å²) in [7, 11) is 2.07. The summed E-state index contributed by atoms with van der Waals surface area (Å²) in [4.78, 5) is 12.6. The minimum absolute atomic E-state index is 0.837. The molecule has 0 aliphatic rings. The lowest BCUT2D eigenvalue weighted by Crippen LogP contribution is -2.17. The predicted octanol–water partition coefficient (Wildman–Crippen LogP) is 4.99. The fourth-order valence-electron chi connectivity index (χ4n) is 2.66. The maximum Gasteiger partial charge on any atom is 0.146 e. The van der Waals surface area contributed by atoms with Crippen molar-refractivity contribution in [1.82, 2.24) is 9.97 Å². The average Bonchev–Trinajstić information content (AvgIpc) is 3.06. The van der Waals surface area contributed by atoms with Gasteiger partial charge in [0, 0.05) is 19.2 Å². The summed E-state index contributed by atoms with van der Waals surface area (Å²) < 4.78 is 0. The number of benzene rings is 2. The van der Waals surface area contributed by atoms with Crippen LogP contribution in [0.15, 0.2) is 72.8 Å². The van der Waals surface area contributed by atoms with E-state index in [0.717, 1.165) is 33.3 Å². The summed E-state index contributed by atoms with van der Waals surface area (Å²) in [5.41, 5.74) is 3.37. The number of aromatic nitrogens is 2. The Bertz CT molecular complexity index is 948. The van der Waals surface area contributed by atoms with Crippen LogP contribution in [0.25, 0.3) is 20.9 Å². The molecule has 118 valence electrons. The van der Waals surface area contributed by atoms with Gasteiger partial charge in [-0.25, -0.2) is 9.97 Å². The van der Waals surface area contributed by atoms with Crippen molar-refractivity contribution in [2.24, 2.45) is 0 Å². The third kappa shape index (κ3) is 3.01. The van der Waals surface area contributed by atoms with Gasteiger partial charge in [0.25, 0.3) is 0 Å². The highest BCUT2D eigenvalue weighted by Crippen LogP contribution is 2.30. The Hall–Kier alpha value is -2.72. The Kier molecular flexibility index (Phi) is 3.97. The molecule has 0 spiro atoms. The molecule has 3 nitrogen and oxygen atoms in total. The van der Waals surface area contributed by atoms with Gasteiger partial charge >= 0.3 is 0 Å². The lowest BCUT2D eigenvalue weighted by molar-refractivity contribution is 0.903. The van der Waals surface area contributed by atoms with Gasteiger partial charge in [-0.3, -0.25) is 0 Å². The average molecular weight is 331 g/mol. The van der Waals surface area contributed by atoms with E-state index in [0.29, 0.717) is 0 Å². The molecule has 2 aromatic carbocycles. The molecule has 0 aliphatic heterocycles. The Morgan fingerprint density at radius 1 is 0.833 bits per heavy atom. The molecule has 0 unspecified atom stereocenters. The van der Waals surface area contributed by atoms with Crippen LogP contribution in [0.5, 0.6) is 0 Å². The fraction of sp³-hybridized carbons (Fsp3) is 0.100. The number of rotatable bonds is 4. The Balaban J connectivity index is 1.63. The monoisotopic (exact) mass is 331 g/mol. The van der Waals surface area contributed by atoms with E-state index in [2.05, 4.69) is 54.4 Å². The van der Waals surface area contributed by atoms with Crippen molar-refractivity contribution in [2.45, 2.75) is 6.54 Å². The quantitative estimate of drug-likeness (QED) is 0.527. The summed E-state index contributed by atoms with van der Waals surface area (Å²) in [6, 6.07) is 24.8. The van der Waals surface area contributed by atoms with Gasteiger partial charge in [0.1, 0.15) is 21.2 Å². The number of anilines is 1. The standard InChI is InChI=1S/C20H17N3S/c1-23(14-15-8-4-2-5-9-15)18-13-12-17-20(22-18)24-19(21-17)16-10-6-3-7-11-16/h2-13H,14H2,1H3. The molecular formula is C20H17N3S. The Labute approximate surface area is 145 Å². The highest BCUT2D eigenvalue weighted by Gasteiger charge is 2.10. The summed E-state index contributed by atoms with van der Waals surface area (Å²) in [5, 5.41) is 1.01. The second-order valence-corrected chi connectivity index (χ2v) is 6.70. The van der Waals surface area contributed by atoms with Crippen LogP contribution >= 0.6 is 11.3 Å². The molecule has 2 aromatic heterocycles. The molecule has 24 heavy (non-hydrogen) atoms. The molecule has 4 heteroatoms. The van der Waals surface area contributed by atoms with Crippen LogP contribution in [0.4, 0.5) is 5.82 Å². The number of fused-ring (bicyclic) bond motifs is 1. The van der Waals surface area contributed by atoms with E-state index in [9.17, 15) is 0 Å². The molecule has 0 atom stereocenters. The topological polar surface area (TPSA) is 29.0 Å². The molecular weight excluding hydrogens is 314 g/mol.